The molecule has 1 N–H and O–H groups in total. The van der Waals surface area contributed by atoms with Crippen LogP contribution in [0.1, 0.15) is 25.6 Å². The average Bonchev–Trinajstić information content (AvgIpc) is 3.34. The Labute approximate surface area is 169 Å². The fourth-order valence-corrected chi connectivity index (χ4v) is 3.96. The number of anilines is 2. The third-order valence-electron chi connectivity index (χ3n) is 4.57. The highest BCUT2D eigenvalue weighted by molar-refractivity contribution is 7.12. The highest BCUT2D eigenvalue weighted by Crippen LogP contribution is 2.30. The van der Waals surface area contributed by atoms with Gasteiger partial charge in [-0.3, -0.25) is 9.59 Å². The third-order valence-corrected chi connectivity index (χ3v) is 5.47. The van der Waals surface area contributed by atoms with E-state index in [1.54, 1.807) is 29.2 Å². The highest BCUT2D eigenvalue weighted by Gasteiger charge is 2.25. The second-order valence-electron chi connectivity index (χ2n) is 6.36. The molecular formula is C21H16F2N2O3S. The second-order valence-corrected chi connectivity index (χ2v) is 7.28. The number of para-hydroxylation sites is 1. The number of benzene rings is 2. The first-order valence-corrected chi connectivity index (χ1v) is 9.74. The lowest BCUT2D eigenvalue weighted by atomic mass is 10.1. The number of alkyl halides is 2. The molecule has 0 aliphatic carbocycles. The average molecular weight is 414 g/mol. The van der Waals surface area contributed by atoms with Crippen molar-refractivity contribution in [2.45, 2.75) is 13.0 Å². The molecule has 29 heavy (non-hydrogen) atoms. The Morgan fingerprint density at radius 2 is 1.83 bits per heavy atom. The Balaban J connectivity index is 1.45. The van der Waals surface area contributed by atoms with Gasteiger partial charge in [-0.25, -0.2) is 0 Å². The first-order valence-electron chi connectivity index (χ1n) is 8.86. The van der Waals surface area contributed by atoms with Gasteiger partial charge < -0.3 is 15.0 Å². The van der Waals surface area contributed by atoms with Crippen LogP contribution in [0.5, 0.6) is 5.75 Å². The number of rotatable bonds is 5. The monoisotopic (exact) mass is 414 g/mol. The van der Waals surface area contributed by atoms with Crippen molar-refractivity contribution in [3.05, 3.63) is 76.0 Å². The first-order chi connectivity index (χ1) is 14.0. The van der Waals surface area contributed by atoms with E-state index in [9.17, 15) is 18.4 Å². The van der Waals surface area contributed by atoms with Crippen LogP contribution in [0.25, 0.3) is 0 Å². The maximum atomic E-state index is 12.8. The van der Waals surface area contributed by atoms with Crippen molar-refractivity contribution in [2.24, 2.45) is 0 Å². The van der Waals surface area contributed by atoms with E-state index in [1.807, 2.05) is 24.3 Å². The number of carbonyl (C=O) groups excluding carboxylic acids is 2. The van der Waals surface area contributed by atoms with E-state index in [0.29, 0.717) is 17.8 Å². The Hall–Kier alpha value is -3.26. The third kappa shape index (κ3) is 3.97. The SMILES string of the molecule is O=C(Nc1ccc(C(=O)N2CCc3ccccc32)cc1)c1sccc1OC(F)F. The quantitative estimate of drug-likeness (QED) is 0.652. The van der Waals surface area contributed by atoms with Gasteiger partial charge in [-0.2, -0.15) is 8.78 Å². The van der Waals surface area contributed by atoms with Crippen LogP contribution in [0.3, 0.4) is 0 Å². The smallest absolute Gasteiger partial charge is 0.387 e. The van der Waals surface area contributed by atoms with Gasteiger partial charge in [0, 0.05) is 23.5 Å². The molecule has 3 aromatic rings. The topological polar surface area (TPSA) is 58.6 Å². The van der Waals surface area contributed by atoms with Crippen molar-refractivity contribution in [3.63, 3.8) is 0 Å². The van der Waals surface area contributed by atoms with Gasteiger partial charge in [-0.05, 0) is 53.8 Å². The lowest BCUT2D eigenvalue weighted by Crippen LogP contribution is -2.28. The molecular weight excluding hydrogens is 398 g/mol. The Morgan fingerprint density at radius 1 is 1.07 bits per heavy atom. The van der Waals surface area contributed by atoms with E-state index in [2.05, 4.69) is 10.1 Å². The fraction of sp³-hybridized carbons (Fsp3) is 0.143. The zero-order valence-electron chi connectivity index (χ0n) is 15.1. The van der Waals surface area contributed by atoms with Gasteiger partial charge in [0.2, 0.25) is 0 Å². The van der Waals surface area contributed by atoms with Crippen molar-refractivity contribution in [1.29, 1.82) is 0 Å². The molecule has 8 heteroatoms. The van der Waals surface area contributed by atoms with Crippen LogP contribution in [0.15, 0.2) is 60.0 Å². The predicted octanol–water partition coefficient (Wildman–Crippen LogP) is 4.80. The zero-order chi connectivity index (χ0) is 20.4. The van der Waals surface area contributed by atoms with Crippen LogP contribution < -0.4 is 15.0 Å². The molecule has 0 saturated carbocycles. The Morgan fingerprint density at radius 3 is 2.59 bits per heavy atom. The number of nitrogens with one attached hydrogen (secondary N) is 1. The highest BCUT2D eigenvalue weighted by atomic mass is 32.1. The molecule has 0 atom stereocenters. The van der Waals surface area contributed by atoms with Crippen LogP contribution in [-0.2, 0) is 6.42 Å². The number of hydrogen-bond donors (Lipinski definition) is 1. The normalized spacial score (nSPS) is 12.7. The number of halogens is 2. The summed E-state index contributed by atoms with van der Waals surface area (Å²) in [5.41, 5.74) is 3.00. The summed E-state index contributed by atoms with van der Waals surface area (Å²) in [6.07, 6.45) is 0.819. The van der Waals surface area contributed by atoms with E-state index >= 15 is 0 Å². The first kappa shape index (κ1) is 19.1. The largest absolute Gasteiger partial charge is 0.433 e. The number of carbonyl (C=O) groups is 2. The van der Waals surface area contributed by atoms with Gasteiger partial charge in [0.15, 0.2) is 0 Å². The molecule has 0 saturated heterocycles. The summed E-state index contributed by atoms with van der Waals surface area (Å²) in [5, 5.41) is 4.13. The minimum absolute atomic E-state index is 0.0547. The maximum Gasteiger partial charge on any atom is 0.387 e. The van der Waals surface area contributed by atoms with Crippen LogP contribution in [-0.4, -0.2) is 25.0 Å². The number of nitrogens with zero attached hydrogens (tertiary/aromatic N) is 1. The van der Waals surface area contributed by atoms with E-state index < -0.39 is 12.5 Å². The molecule has 0 unspecified atom stereocenters. The van der Waals surface area contributed by atoms with Crippen molar-refractivity contribution < 1.29 is 23.1 Å². The minimum Gasteiger partial charge on any atom is -0.433 e. The molecule has 0 radical (unpaired) electrons. The van der Waals surface area contributed by atoms with Gasteiger partial charge in [-0.1, -0.05) is 18.2 Å². The van der Waals surface area contributed by atoms with Crippen LogP contribution in [0.4, 0.5) is 20.2 Å². The van der Waals surface area contributed by atoms with E-state index in [0.717, 1.165) is 29.0 Å². The minimum atomic E-state index is -3.00. The molecule has 4 rings (SSSR count). The van der Waals surface area contributed by atoms with Crippen LogP contribution in [0.2, 0.25) is 0 Å². The standard InChI is InChI=1S/C21H16F2N2O3S/c22-21(23)28-17-10-12-29-18(17)19(26)24-15-7-5-14(6-8-15)20(27)25-11-9-13-3-1-2-4-16(13)25/h1-8,10,12,21H,9,11H2,(H,24,26). The predicted molar refractivity (Wildman–Crippen MR) is 107 cm³/mol. The Bertz CT molecular complexity index is 1050. The summed E-state index contributed by atoms with van der Waals surface area (Å²) in [6.45, 7) is -2.38. The molecule has 148 valence electrons. The molecule has 0 spiro atoms. The summed E-state index contributed by atoms with van der Waals surface area (Å²) in [4.78, 5) is 27.0. The zero-order valence-corrected chi connectivity index (χ0v) is 15.9. The molecule has 2 heterocycles. The van der Waals surface area contributed by atoms with Crippen LogP contribution >= 0.6 is 11.3 Å². The molecule has 0 fully saturated rings. The summed E-state index contributed by atoms with van der Waals surface area (Å²) in [5.74, 6) is -0.830. The van der Waals surface area contributed by atoms with Gasteiger partial charge >= 0.3 is 6.61 Å². The van der Waals surface area contributed by atoms with Gasteiger partial charge in [0.1, 0.15) is 10.6 Å². The number of thiophene rings is 1. The molecule has 2 amide bonds. The number of ether oxygens (including phenoxy) is 1. The van der Waals surface area contributed by atoms with Crippen molar-refractivity contribution in [2.75, 3.05) is 16.8 Å². The molecule has 1 aromatic heterocycles. The van der Waals surface area contributed by atoms with Crippen molar-refractivity contribution in [1.82, 2.24) is 0 Å². The maximum absolute atomic E-state index is 12.8. The van der Waals surface area contributed by atoms with E-state index in [4.69, 9.17) is 0 Å². The van der Waals surface area contributed by atoms with Crippen LogP contribution in [0, 0.1) is 0 Å². The van der Waals surface area contributed by atoms with Crippen molar-refractivity contribution in [3.8, 4) is 5.75 Å². The summed E-state index contributed by atoms with van der Waals surface area (Å²) in [7, 11) is 0. The number of amides is 2. The summed E-state index contributed by atoms with van der Waals surface area (Å²) < 4.78 is 29.2. The molecule has 0 bridgehead atoms. The fourth-order valence-electron chi connectivity index (χ4n) is 3.24. The second kappa shape index (κ2) is 8.00. The molecule has 2 aromatic carbocycles. The molecule has 1 aliphatic heterocycles. The van der Waals surface area contributed by atoms with E-state index in [-0.39, 0.29) is 16.5 Å². The Kier molecular flexibility index (Phi) is 5.26. The number of hydrogen-bond acceptors (Lipinski definition) is 4. The van der Waals surface area contributed by atoms with Gasteiger partial charge in [0.05, 0.1) is 0 Å². The van der Waals surface area contributed by atoms with Crippen molar-refractivity contribution >= 4 is 34.5 Å². The summed E-state index contributed by atoms with van der Waals surface area (Å²) in [6, 6.07) is 15.6. The number of fused-ring (bicyclic) bond motifs is 1. The summed E-state index contributed by atoms with van der Waals surface area (Å²) >= 11 is 1.01. The molecule has 5 nitrogen and oxygen atoms in total. The van der Waals surface area contributed by atoms with Gasteiger partial charge in [0.25, 0.3) is 11.8 Å². The lowest BCUT2D eigenvalue weighted by Gasteiger charge is -2.17. The van der Waals surface area contributed by atoms with E-state index in [1.165, 1.54) is 11.4 Å². The molecule has 1 aliphatic rings. The van der Waals surface area contributed by atoms with Gasteiger partial charge in [-0.15, -0.1) is 11.3 Å². The lowest BCUT2D eigenvalue weighted by molar-refractivity contribution is -0.0498.